The van der Waals surface area contributed by atoms with E-state index in [2.05, 4.69) is 10.00 Å². The van der Waals surface area contributed by atoms with E-state index < -0.39 is 5.60 Å². The molecule has 0 spiro atoms. The van der Waals surface area contributed by atoms with Crippen molar-refractivity contribution >= 4 is 0 Å². The maximum atomic E-state index is 13.3. The molecule has 0 saturated carbocycles. The van der Waals surface area contributed by atoms with Crippen LogP contribution in [0.5, 0.6) is 5.75 Å². The van der Waals surface area contributed by atoms with E-state index in [1.807, 2.05) is 42.8 Å². The maximum absolute atomic E-state index is 13.3. The predicted octanol–water partition coefficient (Wildman–Crippen LogP) is 4.12. The van der Waals surface area contributed by atoms with Crippen LogP contribution in [-0.2, 0) is 12.1 Å². The lowest BCUT2D eigenvalue weighted by Crippen LogP contribution is -2.42. The summed E-state index contributed by atoms with van der Waals surface area (Å²) >= 11 is 0. The highest BCUT2D eigenvalue weighted by Gasteiger charge is 2.36. The van der Waals surface area contributed by atoms with Gasteiger partial charge in [-0.15, -0.1) is 0 Å². The Labute approximate surface area is 176 Å². The normalized spacial score (nSPS) is 16.6. The van der Waals surface area contributed by atoms with E-state index in [1.165, 1.54) is 17.7 Å². The van der Waals surface area contributed by atoms with E-state index >= 15 is 0 Å². The fraction of sp³-hybridized carbons (Fsp3) is 0.375. The van der Waals surface area contributed by atoms with Crippen LogP contribution in [0, 0.1) is 19.7 Å². The SMILES string of the molecule is COc1ccccc1C1(O)CCN(Cc2c(C)nn(-c3ccc(F)cc3)c2C)CC1. The number of aromatic nitrogens is 2. The molecule has 0 atom stereocenters. The number of ether oxygens (including phenoxy) is 1. The van der Waals surface area contributed by atoms with Crippen LogP contribution in [0.1, 0.15) is 35.4 Å². The number of para-hydroxylation sites is 1. The Morgan fingerprint density at radius 2 is 1.73 bits per heavy atom. The van der Waals surface area contributed by atoms with Crippen LogP contribution < -0.4 is 4.74 Å². The Kier molecular flexibility index (Phi) is 5.62. The van der Waals surface area contributed by atoms with Gasteiger partial charge in [0.15, 0.2) is 0 Å². The van der Waals surface area contributed by atoms with E-state index in [4.69, 9.17) is 4.74 Å². The molecule has 1 fully saturated rings. The fourth-order valence-corrected chi connectivity index (χ4v) is 4.34. The molecule has 0 aliphatic carbocycles. The number of methoxy groups -OCH3 is 1. The molecule has 0 unspecified atom stereocenters. The Bertz CT molecular complexity index is 1020. The molecule has 2 heterocycles. The third-order valence-electron chi connectivity index (χ3n) is 6.19. The summed E-state index contributed by atoms with van der Waals surface area (Å²) in [5, 5.41) is 15.9. The van der Waals surface area contributed by atoms with Gasteiger partial charge in [-0.1, -0.05) is 18.2 Å². The zero-order valence-corrected chi connectivity index (χ0v) is 17.7. The molecule has 1 aliphatic rings. The Balaban J connectivity index is 1.49. The third kappa shape index (κ3) is 3.85. The van der Waals surface area contributed by atoms with Gasteiger partial charge in [-0.25, -0.2) is 9.07 Å². The van der Waals surface area contributed by atoms with Crippen molar-refractivity contribution in [2.45, 2.75) is 38.8 Å². The van der Waals surface area contributed by atoms with Gasteiger partial charge >= 0.3 is 0 Å². The first-order chi connectivity index (χ1) is 14.4. The van der Waals surface area contributed by atoms with Crippen LogP contribution in [0.4, 0.5) is 4.39 Å². The smallest absolute Gasteiger partial charge is 0.124 e. The minimum Gasteiger partial charge on any atom is -0.496 e. The summed E-state index contributed by atoms with van der Waals surface area (Å²) in [6.07, 6.45) is 1.30. The van der Waals surface area contributed by atoms with Crippen molar-refractivity contribution in [3.05, 3.63) is 76.9 Å². The van der Waals surface area contributed by atoms with Crippen LogP contribution in [-0.4, -0.2) is 40.0 Å². The van der Waals surface area contributed by atoms with Gasteiger partial charge in [-0.05, 0) is 57.0 Å². The van der Waals surface area contributed by atoms with Crippen LogP contribution in [0.3, 0.4) is 0 Å². The second-order valence-corrected chi connectivity index (χ2v) is 8.05. The van der Waals surface area contributed by atoms with Gasteiger partial charge in [0.05, 0.1) is 24.1 Å². The minimum atomic E-state index is -0.870. The van der Waals surface area contributed by atoms with Crippen LogP contribution >= 0.6 is 0 Å². The second kappa shape index (κ2) is 8.20. The highest BCUT2D eigenvalue weighted by Crippen LogP contribution is 2.38. The first-order valence-corrected chi connectivity index (χ1v) is 10.3. The molecule has 0 bridgehead atoms. The molecule has 5 nitrogen and oxygen atoms in total. The zero-order chi connectivity index (χ0) is 21.3. The molecule has 0 radical (unpaired) electrons. The topological polar surface area (TPSA) is 50.5 Å². The fourth-order valence-electron chi connectivity index (χ4n) is 4.34. The Hall–Kier alpha value is -2.70. The van der Waals surface area contributed by atoms with Crippen LogP contribution in [0.2, 0.25) is 0 Å². The highest BCUT2D eigenvalue weighted by atomic mass is 19.1. The summed E-state index contributed by atoms with van der Waals surface area (Å²) in [6, 6.07) is 14.1. The molecule has 1 saturated heterocycles. The lowest BCUT2D eigenvalue weighted by atomic mass is 9.83. The minimum absolute atomic E-state index is 0.253. The third-order valence-corrected chi connectivity index (χ3v) is 6.19. The molecule has 30 heavy (non-hydrogen) atoms. The Morgan fingerprint density at radius 1 is 1.07 bits per heavy atom. The molecule has 1 aromatic heterocycles. The monoisotopic (exact) mass is 409 g/mol. The van der Waals surface area contributed by atoms with Crippen molar-refractivity contribution in [1.29, 1.82) is 0 Å². The summed E-state index contributed by atoms with van der Waals surface area (Å²) in [6.45, 7) is 6.41. The van der Waals surface area contributed by atoms with Crippen molar-refractivity contribution < 1.29 is 14.2 Å². The number of likely N-dealkylation sites (tertiary alicyclic amines) is 1. The molecule has 4 rings (SSSR count). The standard InChI is InChI=1S/C24H28FN3O2/c1-17-21(18(2)28(26-17)20-10-8-19(25)9-11-20)16-27-14-12-24(29,13-15-27)22-6-4-5-7-23(22)30-3/h4-11,29H,12-16H2,1-3H3. The summed E-state index contributed by atoms with van der Waals surface area (Å²) in [7, 11) is 1.64. The average Bonchev–Trinajstić information content (AvgIpc) is 3.04. The first kappa shape index (κ1) is 20.6. The van der Waals surface area contributed by atoms with Crippen LogP contribution in [0.25, 0.3) is 5.69 Å². The van der Waals surface area contributed by atoms with Crippen molar-refractivity contribution in [2.24, 2.45) is 0 Å². The number of benzene rings is 2. The first-order valence-electron chi connectivity index (χ1n) is 10.3. The predicted molar refractivity (Wildman–Crippen MR) is 114 cm³/mol. The molecule has 2 aromatic carbocycles. The molecule has 0 amide bonds. The molecule has 6 heteroatoms. The quantitative estimate of drug-likeness (QED) is 0.689. The lowest BCUT2D eigenvalue weighted by molar-refractivity contribution is -0.0293. The number of hydrogen-bond donors (Lipinski definition) is 1. The van der Waals surface area contributed by atoms with E-state index in [-0.39, 0.29) is 5.82 Å². The van der Waals surface area contributed by atoms with E-state index in [0.717, 1.165) is 48.0 Å². The zero-order valence-electron chi connectivity index (χ0n) is 17.7. The number of nitrogens with zero attached hydrogens (tertiary/aromatic N) is 3. The van der Waals surface area contributed by atoms with Gasteiger partial charge in [0.25, 0.3) is 0 Å². The number of rotatable bonds is 5. The van der Waals surface area contributed by atoms with Gasteiger partial charge in [-0.2, -0.15) is 5.10 Å². The van der Waals surface area contributed by atoms with Crippen molar-refractivity contribution in [2.75, 3.05) is 20.2 Å². The average molecular weight is 410 g/mol. The van der Waals surface area contributed by atoms with Crippen LogP contribution in [0.15, 0.2) is 48.5 Å². The highest BCUT2D eigenvalue weighted by molar-refractivity contribution is 5.39. The van der Waals surface area contributed by atoms with E-state index in [0.29, 0.717) is 12.8 Å². The molecular formula is C24H28FN3O2. The van der Waals surface area contributed by atoms with Gasteiger partial charge in [-0.3, -0.25) is 4.90 Å². The van der Waals surface area contributed by atoms with Crippen molar-refractivity contribution in [1.82, 2.24) is 14.7 Å². The maximum Gasteiger partial charge on any atom is 0.124 e. The van der Waals surface area contributed by atoms with Gasteiger partial charge < -0.3 is 9.84 Å². The van der Waals surface area contributed by atoms with Gasteiger partial charge in [0.1, 0.15) is 11.6 Å². The summed E-state index contributed by atoms with van der Waals surface area (Å²) < 4.78 is 20.6. The molecule has 1 aliphatic heterocycles. The Morgan fingerprint density at radius 3 is 2.40 bits per heavy atom. The summed E-state index contributed by atoms with van der Waals surface area (Å²) in [5.41, 5.74) is 4.07. The van der Waals surface area contributed by atoms with Crippen molar-refractivity contribution in [3.63, 3.8) is 0 Å². The number of hydrogen-bond acceptors (Lipinski definition) is 4. The number of piperidine rings is 1. The van der Waals surface area contributed by atoms with Gasteiger partial charge in [0.2, 0.25) is 0 Å². The lowest BCUT2D eigenvalue weighted by Gasteiger charge is -2.39. The summed E-state index contributed by atoms with van der Waals surface area (Å²) in [5.74, 6) is 0.483. The van der Waals surface area contributed by atoms with E-state index in [9.17, 15) is 9.50 Å². The summed E-state index contributed by atoms with van der Waals surface area (Å²) in [4.78, 5) is 2.36. The molecule has 1 N–H and O–H groups in total. The van der Waals surface area contributed by atoms with Crippen molar-refractivity contribution in [3.8, 4) is 11.4 Å². The molecule has 3 aromatic rings. The largest absolute Gasteiger partial charge is 0.496 e. The number of aliphatic hydroxyl groups is 1. The molecular weight excluding hydrogens is 381 g/mol. The second-order valence-electron chi connectivity index (χ2n) is 8.05. The number of halogens is 1. The number of aryl methyl sites for hydroxylation is 1. The molecule has 158 valence electrons. The van der Waals surface area contributed by atoms with Gasteiger partial charge in [0, 0.05) is 36.5 Å². The van der Waals surface area contributed by atoms with E-state index in [1.54, 1.807) is 19.2 Å².